The number of para-hydroxylation sites is 2. The number of amides is 1. The van der Waals surface area contributed by atoms with Crippen LogP contribution in [0.1, 0.15) is 10.4 Å². The summed E-state index contributed by atoms with van der Waals surface area (Å²) in [7, 11) is 0. The lowest BCUT2D eigenvalue weighted by atomic mass is 10.1. The largest absolute Gasteiger partial charge is 0.338 e. The lowest BCUT2D eigenvalue weighted by Gasteiger charge is -2.06. The Kier molecular flexibility index (Phi) is 3.96. The molecule has 5 heteroatoms. The molecule has 0 aliphatic carbocycles. The summed E-state index contributed by atoms with van der Waals surface area (Å²) in [5, 5.41) is 3.48. The topological polar surface area (TPSA) is 57.8 Å². The number of aromatic nitrogens is 2. The molecule has 2 N–H and O–H groups in total. The van der Waals surface area contributed by atoms with Crippen molar-refractivity contribution in [2.45, 2.75) is 0 Å². The van der Waals surface area contributed by atoms with Crippen molar-refractivity contribution in [3.8, 4) is 11.4 Å². The number of rotatable bonds is 3. The fourth-order valence-corrected chi connectivity index (χ4v) is 2.73. The van der Waals surface area contributed by atoms with Crippen molar-refractivity contribution >= 4 is 34.2 Å². The Bertz CT molecular complexity index is 1000. The van der Waals surface area contributed by atoms with E-state index in [0.717, 1.165) is 22.4 Å². The summed E-state index contributed by atoms with van der Waals surface area (Å²) in [5.74, 6) is 0.615. The van der Waals surface area contributed by atoms with Crippen LogP contribution in [0.15, 0.2) is 72.8 Å². The van der Waals surface area contributed by atoms with Crippen LogP contribution in [0.25, 0.3) is 22.4 Å². The SMILES string of the molecule is O=C(Nc1ccc(Cl)cc1)c1ccc(-c2nc3ccccc3[nH]2)cc1. The van der Waals surface area contributed by atoms with Gasteiger partial charge in [-0.1, -0.05) is 35.9 Å². The normalized spacial score (nSPS) is 10.8. The Morgan fingerprint density at radius 3 is 2.36 bits per heavy atom. The second-order valence-electron chi connectivity index (χ2n) is 5.64. The zero-order valence-electron chi connectivity index (χ0n) is 13.2. The molecule has 1 aromatic heterocycles. The number of anilines is 1. The van der Waals surface area contributed by atoms with E-state index >= 15 is 0 Å². The molecule has 0 radical (unpaired) electrons. The standard InChI is InChI=1S/C20H14ClN3O/c21-15-9-11-16(12-10-15)22-20(25)14-7-5-13(6-8-14)19-23-17-3-1-2-4-18(17)24-19/h1-12H,(H,22,25)(H,23,24). The van der Waals surface area contributed by atoms with Crippen LogP contribution in [0.3, 0.4) is 0 Å². The minimum atomic E-state index is -0.168. The van der Waals surface area contributed by atoms with Crippen molar-refractivity contribution in [1.82, 2.24) is 9.97 Å². The Morgan fingerprint density at radius 2 is 1.64 bits per heavy atom. The summed E-state index contributed by atoms with van der Waals surface area (Å²) in [6, 6.07) is 22.2. The molecular weight excluding hydrogens is 334 g/mol. The van der Waals surface area contributed by atoms with Crippen molar-refractivity contribution in [2.75, 3.05) is 5.32 Å². The van der Waals surface area contributed by atoms with Crippen LogP contribution in [-0.2, 0) is 0 Å². The lowest BCUT2D eigenvalue weighted by molar-refractivity contribution is 0.102. The Morgan fingerprint density at radius 1 is 0.920 bits per heavy atom. The Balaban J connectivity index is 1.54. The third-order valence-corrected chi connectivity index (χ3v) is 4.16. The minimum absolute atomic E-state index is 0.168. The van der Waals surface area contributed by atoms with Gasteiger partial charge in [-0.05, 0) is 48.5 Å². The summed E-state index contributed by atoms with van der Waals surface area (Å²) in [4.78, 5) is 20.2. The van der Waals surface area contributed by atoms with E-state index in [1.807, 2.05) is 36.4 Å². The zero-order chi connectivity index (χ0) is 17.2. The molecule has 25 heavy (non-hydrogen) atoms. The lowest BCUT2D eigenvalue weighted by Crippen LogP contribution is -2.11. The summed E-state index contributed by atoms with van der Waals surface area (Å²) < 4.78 is 0. The van der Waals surface area contributed by atoms with Crippen LogP contribution in [0, 0.1) is 0 Å². The van der Waals surface area contributed by atoms with Gasteiger partial charge in [0.25, 0.3) is 5.91 Å². The van der Waals surface area contributed by atoms with Gasteiger partial charge in [0.1, 0.15) is 5.82 Å². The molecule has 1 heterocycles. The molecule has 0 aliphatic heterocycles. The van der Waals surface area contributed by atoms with Crippen LogP contribution < -0.4 is 5.32 Å². The van der Waals surface area contributed by atoms with Crippen molar-refractivity contribution in [1.29, 1.82) is 0 Å². The number of nitrogens with zero attached hydrogens (tertiary/aromatic N) is 1. The first-order chi connectivity index (χ1) is 12.2. The summed E-state index contributed by atoms with van der Waals surface area (Å²) >= 11 is 5.85. The van der Waals surface area contributed by atoms with E-state index in [0.29, 0.717) is 16.3 Å². The van der Waals surface area contributed by atoms with Gasteiger partial charge in [-0.2, -0.15) is 0 Å². The molecule has 0 fully saturated rings. The Hall–Kier alpha value is -3.11. The molecule has 0 spiro atoms. The molecule has 3 aromatic carbocycles. The van der Waals surface area contributed by atoms with Gasteiger partial charge in [0.2, 0.25) is 0 Å². The number of halogens is 1. The second-order valence-corrected chi connectivity index (χ2v) is 6.08. The highest BCUT2D eigenvalue weighted by Gasteiger charge is 2.08. The van der Waals surface area contributed by atoms with Gasteiger partial charge < -0.3 is 10.3 Å². The molecule has 4 aromatic rings. The van der Waals surface area contributed by atoms with Gasteiger partial charge in [0.05, 0.1) is 11.0 Å². The van der Waals surface area contributed by atoms with Crippen LogP contribution in [-0.4, -0.2) is 15.9 Å². The van der Waals surface area contributed by atoms with Crippen molar-refractivity contribution in [2.24, 2.45) is 0 Å². The number of fused-ring (bicyclic) bond motifs is 1. The smallest absolute Gasteiger partial charge is 0.255 e. The van der Waals surface area contributed by atoms with E-state index in [9.17, 15) is 4.79 Å². The van der Waals surface area contributed by atoms with E-state index < -0.39 is 0 Å². The predicted molar refractivity (Wildman–Crippen MR) is 101 cm³/mol. The molecule has 4 nitrogen and oxygen atoms in total. The van der Waals surface area contributed by atoms with Gasteiger partial charge in [-0.25, -0.2) is 4.98 Å². The monoisotopic (exact) mass is 347 g/mol. The molecule has 0 aliphatic rings. The third-order valence-electron chi connectivity index (χ3n) is 3.91. The minimum Gasteiger partial charge on any atom is -0.338 e. The summed E-state index contributed by atoms with van der Waals surface area (Å²) in [6.07, 6.45) is 0. The number of carbonyl (C=O) groups is 1. The summed E-state index contributed by atoms with van der Waals surface area (Å²) in [6.45, 7) is 0. The maximum Gasteiger partial charge on any atom is 0.255 e. The van der Waals surface area contributed by atoms with Gasteiger partial charge in [-0.3, -0.25) is 4.79 Å². The van der Waals surface area contributed by atoms with Gasteiger partial charge in [-0.15, -0.1) is 0 Å². The average molecular weight is 348 g/mol. The van der Waals surface area contributed by atoms with Crippen LogP contribution in [0.4, 0.5) is 5.69 Å². The van der Waals surface area contributed by atoms with E-state index in [1.54, 1.807) is 36.4 Å². The fourth-order valence-electron chi connectivity index (χ4n) is 2.61. The fraction of sp³-hybridized carbons (Fsp3) is 0. The highest BCUT2D eigenvalue weighted by Crippen LogP contribution is 2.21. The van der Waals surface area contributed by atoms with Gasteiger partial charge >= 0.3 is 0 Å². The van der Waals surface area contributed by atoms with Crippen LogP contribution in [0.5, 0.6) is 0 Å². The van der Waals surface area contributed by atoms with Crippen molar-refractivity contribution in [3.63, 3.8) is 0 Å². The van der Waals surface area contributed by atoms with Crippen molar-refractivity contribution < 1.29 is 4.79 Å². The highest BCUT2D eigenvalue weighted by atomic mass is 35.5. The first-order valence-corrected chi connectivity index (χ1v) is 8.19. The number of benzene rings is 3. The maximum atomic E-state index is 12.3. The predicted octanol–water partition coefficient (Wildman–Crippen LogP) is 5.14. The highest BCUT2D eigenvalue weighted by molar-refractivity contribution is 6.30. The molecule has 0 saturated heterocycles. The van der Waals surface area contributed by atoms with E-state index in [2.05, 4.69) is 15.3 Å². The van der Waals surface area contributed by atoms with E-state index in [4.69, 9.17) is 11.6 Å². The molecular formula is C20H14ClN3O. The van der Waals surface area contributed by atoms with E-state index in [-0.39, 0.29) is 5.91 Å². The van der Waals surface area contributed by atoms with Crippen LogP contribution >= 0.6 is 11.6 Å². The third kappa shape index (κ3) is 3.25. The maximum absolute atomic E-state index is 12.3. The molecule has 1 amide bonds. The number of hydrogen-bond donors (Lipinski definition) is 2. The average Bonchev–Trinajstić information content (AvgIpc) is 3.08. The molecule has 0 unspecified atom stereocenters. The van der Waals surface area contributed by atoms with Gasteiger partial charge in [0, 0.05) is 21.8 Å². The van der Waals surface area contributed by atoms with Crippen LogP contribution in [0.2, 0.25) is 5.02 Å². The molecule has 122 valence electrons. The van der Waals surface area contributed by atoms with Crippen molar-refractivity contribution in [3.05, 3.63) is 83.4 Å². The Labute approximate surface area is 149 Å². The number of imidazole rings is 1. The molecule has 0 saturated carbocycles. The second kappa shape index (κ2) is 6.42. The first kappa shape index (κ1) is 15.4. The number of hydrogen-bond acceptors (Lipinski definition) is 2. The quantitative estimate of drug-likeness (QED) is 0.539. The van der Waals surface area contributed by atoms with Gasteiger partial charge in [0.15, 0.2) is 0 Å². The zero-order valence-corrected chi connectivity index (χ0v) is 13.9. The van der Waals surface area contributed by atoms with E-state index in [1.165, 1.54) is 0 Å². The number of aromatic amines is 1. The molecule has 0 bridgehead atoms. The number of carbonyl (C=O) groups excluding carboxylic acids is 1. The summed E-state index contributed by atoms with van der Waals surface area (Å²) in [5.41, 5.74) is 4.12. The molecule has 0 atom stereocenters. The number of H-pyrrole nitrogens is 1. The molecule has 4 rings (SSSR count). The first-order valence-electron chi connectivity index (χ1n) is 7.81. The number of nitrogens with one attached hydrogen (secondary N) is 2.